The van der Waals surface area contributed by atoms with Crippen LogP contribution in [0.3, 0.4) is 0 Å². The third-order valence-electron chi connectivity index (χ3n) is 2.84. The highest BCUT2D eigenvalue weighted by molar-refractivity contribution is 5.80. The molecule has 2 aromatic rings. The molecule has 0 bridgehead atoms. The van der Waals surface area contributed by atoms with E-state index in [2.05, 4.69) is 4.74 Å². The molecule has 0 atom stereocenters. The molecule has 0 aromatic heterocycles. The first-order valence-electron chi connectivity index (χ1n) is 6.21. The zero-order chi connectivity index (χ0) is 16.3. The summed E-state index contributed by atoms with van der Waals surface area (Å²) in [6, 6.07) is 9.58. The number of nitrogens with two attached hydrogens (primary N) is 1. The van der Waals surface area contributed by atoms with E-state index < -0.39 is 18.0 Å². The van der Waals surface area contributed by atoms with Gasteiger partial charge in [0.15, 0.2) is 0 Å². The fourth-order valence-electron chi connectivity index (χ4n) is 2.01. The van der Waals surface area contributed by atoms with Gasteiger partial charge >= 0.3 is 6.36 Å². The summed E-state index contributed by atoms with van der Waals surface area (Å²) in [4.78, 5) is 10.9. The molecular formula is C15H12F3NO3. The Morgan fingerprint density at radius 3 is 2.45 bits per heavy atom. The highest BCUT2D eigenvalue weighted by atomic mass is 19.4. The van der Waals surface area contributed by atoms with Gasteiger partial charge in [0.05, 0.1) is 6.42 Å². The molecule has 4 nitrogen and oxygen atoms in total. The maximum absolute atomic E-state index is 12.4. The molecule has 0 aliphatic carbocycles. The van der Waals surface area contributed by atoms with Crippen molar-refractivity contribution in [3.8, 4) is 22.6 Å². The van der Waals surface area contributed by atoms with Crippen LogP contribution in [0.25, 0.3) is 11.1 Å². The van der Waals surface area contributed by atoms with Gasteiger partial charge in [-0.05, 0) is 23.8 Å². The van der Waals surface area contributed by atoms with Gasteiger partial charge in [-0.15, -0.1) is 13.2 Å². The van der Waals surface area contributed by atoms with Gasteiger partial charge in [0, 0.05) is 11.1 Å². The Kier molecular flexibility index (Phi) is 4.25. The number of amides is 1. The second-order valence-electron chi connectivity index (χ2n) is 4.54. The van der Waals surface area contributed by atoms with Crippen molar-refractivity contribution in [2.45, 2.75) is 12.8 Å². The number of halogens is 3. The first-order chi connectivity index (χ1) is 10.3. The number of ether oxygens (including phenoxy) is 1. The van der Waals surface area contributed by atoms with Crippen LogP contribution in [0, 0.1) is 0 Å². The van der Waals surface area contributed by atoms with Crippen LogP contribution in [0.15, 0.2) is 42.5 Å². The number of primary amides is 1. The third-order valence-corrected chi connectivity index (χ3v) is 2.84. The molecular weight excluding hydrogens is 299 g/mol. The van der Waals surface area contributed by atoms with Crippen molar-refractivity contribution in [2.75, 3.05) is 0 Å². The van der Waals surface area contributed by atoms with Crippen LogP contribution in [0.2, 0.25) is 0 Å². The monoisotopic (exact) mass is 311 g/mol. The van der Waals surface area contributed by atoms with Gasteiger partial charge in [0.2, 0.25) is 5.91 Å². The van der Waals surface area contributed by atoms with Crippen molar-refractivity contribution in [3.63, 3.8) is 0 Å². The number of phenols is 1. The summed E-state index contributed by atoms with van der Waals surface area (Å²) < 4.78 is 41.3. The summed E-state index contributed by atoms with van der Waals surface area (Å²) in [7, 11) is 0. The molecule has 0 fully saturated rings. The van der Waals surface area contributed by atoms with Crippen LogP contribution in [-0.4, -0.2) is 17.4 Å². The standard InChI is InChI=1S/C15H12F3NO3/c16-15(17,18)22-13-4-2-1-3-10(13)11-7-9(8-14(19)21)5-6-12(11)20/h1-7,20H,8H2,(H2,19,21). The second-order valence-corrected chi connectivity index (χ2v) is 4.54. The van der Waals surface area contributed by atoms with Gasteiger partial charge in [0.1, 0.15) is 11.5 Å². The lowest BCUT2D eigenvalue weighted by Crippen LogP contribution is -2.17. The van der Waals surface area contributed by atoms with Crippen molar-refractivity contribution >= 4 is 5.91 Å². The number of phenolic OH excluding ortho intramolecular Hbond substituents is 1. The molecule has 22 heavy (non-hydrogen) atoms. The minimum Gasteiger partial charge on any atom is -0.507 e. The highest BCUT2D eigenvalue weighted by Crippen LogP contribution is 2.38. The summed E-state index contributed by atoms with van der Waals surface area (Å²) in [6.45, 7) is 0. The van der Waals surface area contributed by atoms with E-state index in [0.29, 0.717) is 5.56 Å². The van der Waals surface area contributed by atoms with Gasteiger partial charge in [-0.3, -0.25) is 4.79 Å². The number of aromatic hydroxyl groups is 1. The van der Waals surface area contributed by atoms with E-state index in [-0.39, 0.29) is 23.3 Å². The predicted molar refractivity (Wildman–Crippen MR) is 73.1 cm³/mol. The van der Waals surface area contributed by atoms with E-state index in [1.54, 1.807) is 0 Å². The zero-order valence-electron chi connectivity index (χ0n) is 11.2. The average molecular weight is 311 g/mol. The maximum Gasteiger partial charge on any atom is 0.573 e. The number of para-hydroxylation sites is 1. The molecule has 7 heteroatoms. The normalized spacial score (nSPS) is 11.2. The molecule has 0 radical (unpaired) electrons. The minimum atomic E-state index is -4.85. The Bertz CT molecular complexity index is 699. The van der Waals surface area contributed by atoms with E-state index >= 15 is 0 Å². The van der Waals surface area contributed by atoms with Crippen molar-refractivity contribution in [1.29, 1.82) is 0 Å². The Hall–Kier alpha value is -2.70. The summed E-state index contributed by atoms with van der Waals surface area (Å²) in [5.74, 6) is -1.26. The lowest BCUT2D eigenvalue weighted by molar-refractivity contribution is -0.274. The molecule has 0 heterocycles. The lowest BCUT2D eigenvalue weighted by Gasteiger charge is -2.14. The van der Waals surface area contributed by atoms with Crippen molar-refractivity contribution in [3.05, 3.63) is 48.0 Å². The summed E-state index contributed by atoms with van der Waals surface area (Å²) in [5, 5.41) is 9.89. The van der Waals surface area contributed by atoms with Crippen LogP contribution >= 0.6 is 0 Å². The van der Waals surface area contributed by atoms with E-state index in [9.17, 15) is 23.1 Å². The SMILES string of the molecule is NC(=O)Cc1ccc(O)c(-c2ccccc2OC(F)(F)F)c1. The number of alkyl halides is 3. The summed E-state index contributed by atoms with van der Waals surface area (Å²) >= 11 is 0. The van der Waals surface area contributed by atoms with Crippen LogP contribution in [0.1, 0.15) is 5.56 Å². The molecule has 1 amide bonds. The highest BCUT2D eigenvalue weighted by Gasteiger charge is 2.32. The van der Waals surface area contributed by atoms with Gasteiger partial charge in [-0.25, -0.2) is 0 Å². The first-order valence-corrected chi connectivity index (χ1v) is 6.21. The quantitative estimate of drug-likeness (QED) is 0.911. The van der Waals surface area contributed by atoms with E-state index in [1.807, 2.05) is 0 Å². The first kappa shape index (κ1) is 15.7. The van der Waals surface area contributed by atoms with Crippen LogP contribution in [-0.2, 0) is 11.2 Å². The average Bonchev–Trinajstić information content (AvgIpc) is 2.39. The predicted octanol–water partition coefficient (Wildman–Crippen LogP) is 2.99. The van der Waals surface area contributed by atoms with E-state index in [4.69, 9.17) is 5.73 Å². The van der Waals surface area contributed by atoms with Gasteiger partial charge in [-0.1, -0.05) is 24.3 Å². The van der Waals surface area contributed by atoms with Gasteiger partial charge in [-0.2, -0.15) is 0 Å². The van der Waals surface area contributed by atoms with Gasteiger partial charge in [0.25, 0.3) is 0 Å². The molecule has 116 valence electrons. The number of rotatable bonds is 4. The Morgan fingerprint density at radius 2 is 1.82 bits per heavy atom. The number of benzene rings is 2. The summed E-state index contributed by atoms with van der Waals surface area (Å²) in [5.41, 5.74) is 5.75. The molecule has 0 saturated heterocycles. The number of carbonyl (C=O) groups is 1. The smallest absolute Gasteiger partial charge is 0.507 e. The molecule has 2 rings (SSSR count). The number of hydrogen-bond acceptors (Lipinski definition) is 3. The molecule has 0 aliphatic rings. The fraction of sp³-hybridized carbons (Fsp3) is 0.133. The van der Waals surface area contributed by atoms with E-state index in [1.165, 1.54) is 36.4 Å². The number of hydrogen-bond donors (Lipinski definition) is 2. The maximum atomic E-state index is 12.4. The van der Waals surface area contributed by atoms with Crippen molar-refractivity contribution in [2.24, 2.45) is 5.73 Å². The Balaban J connectivity index is 2.49. The molecule has 0 aliphatic heterocycles. The molecule has 3 N–H and O–H groups in total. The van der Waals surface area contributed by atoms with Crippen molar-refractivity contribution in [1.82, 2.24) is 0 Å². The summed E-state index contributed by atoms with van der Waals surface area (Å²) in [6.07, 6.45) is -4.94. The van der Waals surface area contributed by atoms with E-state index in [0.717, 1.165) is 6.07 Å². The van der Waals surface area contributed by atoms with Crippen molar-refractivity contribution < 1.29 is 27.8 Å². The fourth-order valence-corrected chi connectivity index (χ4v) is 2.01. The van der Waals surface area contributed by atoms with Gasteiger partial charge < -0.3 is 15.6 Å². The second kappa shape index (κ2) is 5.97. The Morgan fingerprint density at radius 1 is 1.14 bits per heavy atom. The minimum absolute atomic E-state index is 0.0589. The lowest BCUT2D eigenvalue weighted by atomic mass is 9.99. The largest absolute Gasteiger partial charge is 0.573 e. The molecule has 0 saturated carbocycles. The van der Waals surface area contributed by atoms with Crippen LogP contribution < -0.4 is 10.5 Å². The Labute approximate surface area is 123 Å². The molecule has 0 spiro atoms. The number of carbonyl (C=O) groups excluding carboxylic acids is 1. The molecule has 0 unspecified atom stereocenters. The zero-order valence-corrected chi connectivity index (χ0v) is 11.2. The topological polar surface area (TPSA) is 72.6 Å². The van der Waals surface area contributed by atoms with Crippen LogP contribution in [0.4, 0.5) is 13.2 Å². The molecule has 2 aromatic carbocycles. The third kappa shape index (κ3) is 3.91. The van der Waals surface area contributed by atoms with Crippen LogP contribution in [0.5, 0.6) is 11.5 Å².